The Kier molecular flexibility index (Phi) is 8.00. The van der Waals surface area contributed by atoms with Gasteiger partial charge in [-0.1, -0.05) is 72.1 Å². The summed E-state index contributed by atoms with van der Waals surface area (Å²) in [5, 5.41) is 0. The van der Waals surface area contributed by atoms with E-state index in [1.54, 1.807) is 12.1 Å². The van der Waals surface area contributed by atoms with Crippen LogP contribution in [0.15, 0.2) is 30.3 Å². The molecule has 0 spiro atoms. The molecule has 1 aromatic rings. The van der Waals surface area contributed by atoms with Gasteiger partial charge < -0.3 is 9.47 Å². The number of carbonyl (C=O) groups is 1. The highest BCUT2D eigenvalue weighted by Crippen LogP contribution is 2.68. The minimum absolute atomic E-state index is 0.00208. The van der Waals surface area contributed by atoms with Crippen LogP contribution in [0.3, 0.4) is 0 Å². The largest absolute Gasteiger partial charge is 0.514 e. The Morgan fingerprint density at radius 1 is 0.892 bits per heavy atom. The van der Waals surface area contributed by atoms with Gasteiger partial charge in [0.1, 0.15) is 11.9 Å². The third-order valence-electron chi connectivity index (χ3n) is 12.0. The van der Waals surface area contributed by atoms with Crippen LogP contribution in [0.4, 0.5) is 4.79 Å². The average molecular weight is 509 g/mol. The Bertz CT molecular complexity index is 911. The quantitative estimate of drug-likeness (QED) is 0.272. The van der Waals surface area contributed by atoms with Crippen molar-refractivity contribution in [3.63, 3.8) is 0 Å². The highest BCUT2D eigenvalue weighted by atomic mass is 16.7. The van der Waals surface area contributed by atoms with Crippen molar-refractivity contribution in [2.45, 2.75) is 118 Å². The van der Waals surface area contributed by atoms with Gasteiger partial charge in [-0.05, 0) is 122 Å². The average Bonchev–Trinajstić information content (AvgIpc) is 3.22. The van der Waals surface area contributed by atoms with Gasteiger partial charge in [0.15, 0.2) is 0 Å². The summed E-state index contributed by atoms with van der Waals surface area (Å²) < 4.78 is 11.3. The predicted octanol–water partition coefficient (Wildman–Crippen LogP) is 9.69. The van der Waals surface area contributed by atoms with Crippen molar-refractivity contribution in [3.05, 3.63) is 30.3 Å². The first kappa shape index (κ1) is 27.1. The van der Waals surface area contributed by atoms with Crippen molar-refractivity contribution in [1.29, 1.82) is 0 Å². The molecule has 4 aliphatic rings. The molecule has 9 atom stereocenters. The SMILES string of the molecule is CC(C)CCC[C@@H](C)[C@H]1CC[C@H]2[C@@H]3CCC4C[C@@H](OC(=O)Oc5ccccc5)CC[C@]4(C)[C@H]3CC[C@]12C. The molecule has 0 N–H and O–H groups in total. The first-order chi connectivity index (χ1) is 17.7. The van der Waals surface area contributed by atoms with Crippen molar-refractivity contribution < 1.29 is 14.3 Å². The normalized spacial score (nSPS) is 39.8. The molecule has 206 valence electrons. The number of fused-ring (bicyclic) bond motifs is 5. The molecular formula is C34H52O3. The van der Waals surface area contributed by atoms with E-state index < -0.39 is 6.16 Å². The molecule has 3 nitrogen and oxygen atoms in total. The van der Waals surface area contributed by atoms with E-state index in [1.165, 1.54) is 64.2 Å². The minimum atomic E-state index is -0.540. The summed E-state index contributed by atoms with van der Waals surface area (Å²) in [4.78, 5) is 12.4. The number of rotatable bonds is 7. The number of carbonyl (C=O) groups excluding carboxylic acids is 1. The lowest BCUT2D eigenvalue weighted by Gasteiger charge is -2.61. The lowest BCUT2D eigenvalue weighted by atomic mass is 9.44. The Labute approximate surface area is 226 Å². The highest BCUT2D eigenvalue weighted by Gasteiger charge is 2.60. The van der Waals surface area contributed by atoms with E-state index >= 15 is 0 Å². The molecule has 4 aliphatic carbocycles. The standard InChI is InChI=1S/C34H52O3/c1-23(2)10-9-11-24(3)29-16-17-30-28-15-14-25-22-27(37-32(35)36-26-12-7-6-8-13-26)18-20-33(25,4)31(28)19-21-34(29,30)5/h6-8,12-13,23-25,27-31H,9-11,14-22H2,1-5H3/t24-,25?,27+,28+,29-,30+,31+,33+,34-/m1/s1. The van der Waals surface area contributed by atoms with Gasteiger partial charge in [-0.15, -0.1) is 0 Å². The summed E-state index contributed by atoms with van der Waals surface area (Å²) in [5.74, 6) is 6.56. The van der Waals surface area contributed by atoms with Crippen LogP contribution < -0.4 is 4.74 Å². The number of benzene rings is 1. The third kappa shape index (κ3) is 5.35. The molecular weight excluding hydrogens is 456 g/mol. The van der Waals surface area contributed by atoms with E-state index in [0.29, 0.717) is 22.5 Å². The maximum Gasteiger partial charge on any atom is 0.514 e. The molecule has 37 heavy (non-hydrogen) atoms. The Balaban J connectivity index is 1.19. The van der Waals surface area contributed by atoms with Crippen LogP contribution in [-0.2, 0) is 4.74 Å². The van der Waals surface area contributed by atoms with E-state index in [4.69, 9.17) is 9.47 Å². The number of para-hydroxylation sites is 1. The molecule has 0 amide bonds. The number of ether oxygens (including phenoxy) is 2. The smallest absolute Gasteiger partial charge is 0.431 e. The van der Waals surface area contributed by atoms with Crippen LogP contribution in [0.2, 0.25) is 0 Å². The third-order valence-corrected chi connectivity index (χ3v) is 12.0. The molecule has 0 saturated heterocycles. The fraction of sp³-hybridized carbons (Fsp3) is 0.794. The van der Waals surface area contributed by atoms with Crippen LogP contribution in [0, 0.1) is 52.3 Å². The van der Waals surface area contributed by atoms with Gasteiger partial charge in [0.2, 0.25) is 0 Å². The van der Waals surface area contributed by atoms with Crippen LogP contribution in [0.5, 0.6) is 5.75 Å². The second kappa shape index (κ2) is 10.9. The zero-order chi connectivity index (χ0) is 26.2. The molecule has 0 aromatic heterocycles. The first-order valence-electron chi connectivity index (χ1n) is 15.6. The van der Waals surface area contributed by atoms with Gasteiger partial charge in [-0.2, -0.15) is 0 Å². The summed E-state index contributed by atoms with van der Waals surface area (Å²) in [6, 6.07) is 9.28. The second-order valence-electron chi connectivity index (χ2n) is 14.4. The summed E-state index contributed by atoms with van der Waals surface area (Å²) >= 11 is 0. The van der Waals surface area contributed by atoms with E-state index in [1.807, 2.05) is 18.2 Å². The van der Waals surface area contributed by atoms with Crippen LogP contribution in [0.1, 0.15) is 112 Å². The number of hydrogen-bond donors (Lipinski definition) is 0. The molecule has 5 rings (SSSR count). The molecule has 1 unspecified atom stereocenters. The molecule has 0 heterocycles. The van der Waals surface area contributed by atoms with Gasteiger partial charge in [0.05, 0.1) is 0 Å². The van der Waals surface area contributed by atoms with Gasteiger partial charge in [-0.25, -0.2) is 4.79 Å². The molecule has 3 heteroatoms. The fourth-order valence-corrected chi connectivity index (χ4v) is 10.1. The lowest BCUT2D eigenvalue weighted by molar-refractivity contribution is -0.131. The molecule has 0 bridgehead atoms. The van der Waals surface area contributed by atoms with Gasteiger partial charge in [-0.3, -0.25) is 0 Å². The fourth-order valence-electron chi connectivity index (χ4n) is 10.1. The van der Waals surface area contributed by atoms with Crippen molar-refractivity contribution >= 4 is 6.16 Å². The van der Waals surface area contributed by atoms with E-state index in [-0.39, 0.29) is 6.10 Å². The molecule has 0 radical (unpaired) electrons. The van der Waals surface area contributed by atoms with E-state index in [2.05, 4.69) is 34.6 Å². The second-order valence-corrected chi connectivity index (χ2v) is 14.4. The maximum atomic E-state index is 12.4. The summed E-state index contributed by atoms with van der Waals surface area (Å²) in [7, 11) is 0. The van der Waals surface area contributed by atoms with Gasteiger partial charge >= 0.3 is 6.16 Å². The molecule has 4 saturated carbocycles. The summed E-state index contributed by atoms with van der Waals surface area (Å²) in [5.41, 5.74) is 0.970. The predicted molar refractivity (Wildman–Crippen MR) is 150 cm³/mol. The van der Waals surface area contributed by atoms with Crippen molar-refractivity contribution in [2.75, 3.05) is 0 Å². The molecule has 0 aliphatic heterocycles. The van der Waals surface area contributed by atoms with Crippen LogP contribution in [0.25, 0.3) is 0 Å². The Morgan fingerprint density at radius 2 is 1.62 bits per heavy atom. The van der Waals surface area contributed by atoms with E-state index in [9.17, 15) is 4.79 Å². The zero-order valence-electron chi connectivity index (χ0n) is 24.2. The molecule has 4 fully saturated rings. The Hall–Kier alpha value is -1.51. The van der Waals surface area contributed by atoms with E-state index in [0.717, 1.165) is 48.3 Å². The lowest BCUT2D eigenvalue weighted by Crippen LogP contribution is -2.54. The van der Waals surface area contributed by atoms with Crippen molar-refractivity contribution in [1.82, 2.24) is 0 Å². The van der Waals surface area contributed by atoms with Crippen LogP contribution >= 0.6 is 0 Å². The summed E-state index contributed by atoms with van der Waals surface area (Å²) in [6.07, 6.45) is 15.4. The zero-order valence-corrected chi connectivity index (χ0v) is 24.2. The van der Waals surface area contributed by atoms with Crippen molar-refractivity contribution in [3.8, 4) is 5.75 Å². The highest BCUT2D eigenvalue weighted by molar-refractivity contribution is 5.63. The maximum absolute atomic E-state index is 12.4. The molecule has 1 aromatic carbocycles. The van der Waals surface area contributed by atoms with Crippen LogP contribution in [-0.4, -0.2) is 12.3 Å². The minimum Gasteiger partial charge on any atom is -0.431 e. The summed E-state index contributed by atoms with van der Waals surface area (Å²) in [6.45, 7) is 12.6. The van der Waals surface area contributed by atoms with Gasteiger partial charge in [0.25, 0.3) is 0 Å². The van der Waals surface area contributed by atoms with Crippen molar-refractivity contribution in [2.24, 2.45) is 52.3 Å². The topological polar surface area (TPSA) is 35.5 Å². The monoisotopic (exact) mass is 508 g/mol. The Morgan fingerprint density at radius 3 is 2.38 bits per heavy atom. The number of hydrogen-bond acceptors (Lipinski definition) is 3. The first-order valence-corrected chi connectivity index (χ1v) is 15.6. The van der Waals surface area contributed by atoms with Gasteiger partial charge in [0, 0.05) is 0 Å².